The van der Waals surface area contributed by atoms with Crippen molar-refractivity contribution in [3.63, 3.8) is 0 Å². The van der Waals surface area contributed by atoms with Crippen molar-refractivity contribution in [3.05, 3.63) is 29.3 Å². The monoisotopic (exact) mass is 289 g/mol. The minimum absolute atomic E-state index is 0.165. The summed E-state index contributed by atoms with van der Waals surface area (Å²) in [6, 6.07) is 7.35. The Balaban J connectivity index is 1.84. The molecule has 0 amide bonds. The van der Waals surface area contributed by atoms with Gasteiger partial charge in [0.15, 0.2) is 0 Å². The molecule has 1 atom stereocenters. The van der Waals surface area contributed by atoms with Gasteiger partial charge < -0.3 is 10.1 Å². The van der Waals surface area contributed by atoms with Crippen molar-refractivity contribution in [1.29, 1.82) is 0 Å². The number of hydrogen-bond acceptors (Lipinski definition) is 2. The van der Waals surface area contributed by atoms with E-state index in [1.54, 1.807) is 0 Å². The predicted molar refractivity (Wildman–Crippen MR) is 90.2 cm³/mol. The van der Waals surface area contributed by atoms with Crippen LogP contribution in [0.4, 0.5) is 0 Å². The van der Waals surface area contributed by atoms with Crippen LogP contribution in [0.2, 0.25) is 0 Å². The SMILES string of the molecule is CC(CCNC(C)C)CCc1ccc2c(c1)C(C)(C)CO2. The molecule has 0 bridgehead atoms. The van der Waals surface area contributed by atoms with Crippen molar-refractivity contribution in [2.24, 2.45) is 5.92 Å². The third-order valence-corrected chi connectivity index (χ3v) is 4.48. The van der Waals surface area contributed by atoms with Crippen LogP contribution in [0.1, 0.15) is 58.6 Å². The minimum Gasteiger partial charge on any atom is -0.492 e. The summed E-state index contributed by atoms with van der Waals surface area (Å²) >= 11 is 0. The number of aryl methyl sites for hydroxylation is 1. The van der Waals surface area contributed by atoms with Gasteiger partial charge in [-0.25, -0.2) is 0 Å². The zero-order chi connectivity index (χ0) is 15.5. The fourth-order valence-electron chi connectivity index (χ4n) is 2.90. The Morgan fingerprint density at radius 3 is 2.67 bits per heavy atom. The van der Waals surface area contributed by atoms with E-state index in [1.165, 1.54) is 30.4 Å². The molecule has 21 heavy (non-hydrogen) atoms. The fraction of sp³-hybridized carbons (Fsp3) is 0.684. The summed E-state index contributed by atoms with van der Waals surface area (Å²) < 4.78 is 5.76. The lowest BCUT2D eigenvalue weighted by atomic mass is 9.85. The fourth-order valence-corrected chi connectivity index (χ4v) is 2.90. The Morgan fingerprint density at radius 1 is 1.19 bits per heavy atom. The summed E-state index contributed by atoms with van der Waals surface area (Å²) in [4.78, 5) is 0. The number of nitrogens with one attached hydrogen (secondary N) is 1. The predicted octanol–water partition coefficient (Wildman–Crippen LogP) is 4.31. The Labute approximate surface area is 130 Å². The molecule has 118 valence electrons. The molecule has 1 N–H and O–H groups in total. The highest BCUT2D eigenvalue weighted by molar-refractivity contribution is 5.45. The molecule has 1 aliphatic heterocycles. The standard InChI is InChI=1S/C19H31NO/c1-14(2)20-11-10-15(3)6-7-16-8-9-18-17(12-16)19(4,5)13-21-18/h8-9,12,14-15,20H,6-7,10-11,13H2,1-5H3. The van der Waals surface area contributed by atoms with Gasteiger partial charge in [0.2, 0.25) is 0 Å². The highest BCUT2D eigenvalue weighted by Crippen LogP contribution is 2.38. The average Bonchev–Trinajstić information content (AvgIpc) is 2.72. The van der Waals surface area contributed by atoms with Gasteiger partial charge in [-0.05, 0) is 43.4 Å². The van der Waals surface area contributed by atoms with E-state index in [1.807, 2.05) is 0 Å². The molecule has 2 nitrogen and oxygen atoms in total. The highest BCUT2D eigenvalue weighted by atomic mass is 16.5. The van der Waals surface area contributed by atoms with Crippen LogP contribution in [0.25, 0.3) is 0 Å². The second-order valence-electron chi connectivity index (χ2n) is 7.54. The molecular weight excluding hydrogens is 258 g/mol. The molecule has 1 aliphatic rings. The maximum Gasteiger partial charge on any atom is 0.123 e. The van der Waals surface area contributed by atoms with Crippen molar-refractivity contribution < 1.29 is 4.74 Å². The topological polar surface area (TPSA) is 21.3 Å². The molecule has 0 radical (unpaired) electrons. The molecule has 0 aromatic heterocycles. The molecular formula is C19H31NO. The van der Waals surface area contributed by atoms with Crippen molar-refractivity contribution >= 4 is 0 Å². The average molecular weight is 289 g/mol. The van der Waals surface area contributed by atoms with Gasteiger partial charge in [0.05, 0.1) is 6.61 Å². The second kappa shape index (κ2) is 6.83. The van der Waals surface area contributed by atoms with Gasteiger partial charge in [0, 0.05) is 17.0 Å². The van der Waals surface area contributed by atoms with Crippen LogP contribution in [0.15, 0.2) is 18.2 Å². The van der Waals surface area contributed by atoms with Crippen LogP contribution >= 0.6 is 0 Å². The lowest BCUT2D eigenvalue weighted by molar-refractivity contribution is 0.291. The van der Waals surface area contributed by atoms with Gasteiger partial charge in [-0.2, -0.15) is 0 Å². The summed E-state index contributed by atoms with van der Waals surface area (Å²) in [6.07, 6.45) is 3.70. The molecule has 1 aromatic rings. The lowest BCUT2D eigenvalue weighted by Gasteiger charge is -2.17. The lowest BCUT2D eigenvalue weighted by Crippen LogP contribution is -2.25. The van der Waals surface area contributed by atoms with Gasteiger partial charge in [-0.3, -0.25) is 0 Å². The third kappa shape index (κ3) is 4.47. The van der Waals surface area contributed by atoms with Gasteiger partial charge in [-0.1, -0.05) is 46.8 Å². The molecule has 0 aliphatic carbocycles. The van der Waals surface area contributed by atoms with Gasteiger partial charge in [0.25, 0.3) is 0 Å². The van der Waals surface area contributed by atoms with Crippen LogP contribution in [-0.4, -0.2) is 19.2 Å². The normalized spacial score (nSPS) is 17.6. The van der Waals surface area contributed by atoms with E-state index in [4.69, 9.17) is 4.74 Å². The quantitative estimate of drug-likeness (QED) is 0.807. The maximum atomic E-state index is 5.76. The van der Waals surface area contributed by atoms with E-state index >= 15 is 0 Å². The molecule has 1 unspecified atom stereocenters. The van der Waals surface area contributed by atoms with E-state index in [2.05, 4.69) is 58.1 Å². The van der Waals surface area contributed by atoms with Gasteiger partial charge in [-0.15, -0.1) is 0 Å². The van der Waals surface area contributed by atoms with Crippen LogP contribution in [0.3, 0.4) is 0 Å². The molecule has 1 heterocycles. The van der Waals surface area contributed by atoms with Crippen molar-refractivity contribution in [2.45, 2.75) is 65.3 Å². The van der Waals surface area contributed by atoms with Crippen molar-refractivity contribution in [2.75, 3.05) is 13.2 Å². The van der Waals surface area contributed by atoms with Crippen LogP contribution < -0.4 is 10.1 Å². The Kier molecular flexibility index (Phi) is 5.32. The van der Waals surface area contributed by atoms with E-state index in [9.17, 15) is 0 Å². The number of rotatable bonds is 7. The zero-order valence-corrected chi connectivity index (χ0v) is 14.3. The van der Waals surface area contributed by atoms with Crippen molar-refractivity contribution in [3.8, 4) is 5.75 Å². The Hall–Kier alpha value is -1.02. The summed E-state index contributed by atoms with van der Waals surface area (Å²) in [5, 5.41) is 3.50. The molecule has 1 aromatic carbocycles. The Morgan fingerprint density at radius 2 is 1.95 bits per heavy atom. The summed E-state index contributed by atoms with van der Waals surface area (Å²) in [7, 11) is 0. The second-order valence-corrected chi connectivity index (χ2v) is 7.54. The van der Waals surface area contributed by atoms with Gasteiger partial charge >= 0.3 is 0 Å². The van der Waals surface area contributed by atoms with Crippen LogP contribution in [0.5, 0.6) is 5.75 Å². The number of benzene rings is 1. The summed E-state index contributed by atoms with van der Waals surface area (Å²) in [5.41, 5.74) is 3.00. The largest absolute Gasteiger partial charge is 0.492 e. The first-order valence-electron chi connectivity index (χ1n) is 8.38. The van der Waals surface area contributed by atoms with E-state index in [-0.39, 0.29) is 5.41 Å². The van der Waals surface area contributed by atoms with E-state index in [0.29, 0.717) is 6.04 Å². The highest BCUT2D eigenvalue weighted by Gasteiger charge is 2.31. The third-order valence-electron chi connectivity index (χ3n) is 4.48. The summed E-state index contributed by atoms with van der Waals surface area (Å²) in [6.45, 7) is 13.2. The van der Waals surface area contributed by atoms with E-state index < -0.39 is 0 Å². The van der Waals surface area contributed by atoms with Crippen molar-refractivity contribution in [1.82, 2.24) is 5.32 Å². The molecule has 0 saturated carbocycles. The molecule has 0 fully saturated rings. The molecule has 2 heteroatoms. The maximum absolute atomic E-state index is 5.76. The molecule has 0 saturated heterocycles. The first-order valence-corrected chi connectivity index (χ1v) is 8.38. The number of ether oxygens (including phenoxy) is 1. The van der Waals surface area contributed by atoms with Gasteiger partial charge in [0.1, 0.15) is 5.75 Å². The van der Waals surface area contributed by atoms with Crippen LogP contribution in [-0.2, 0) is 11.8 Å². The number of fused-ring (bicyclic) bond motifs is 1. The zero-order valence-electron chi connectivity index (χ0n) is 14.3. The molecule has 0 spiro atoms. The smallest absolute Gasteiger partial charge is 0.123 e. The summed E-state index contributed by atoms with van der Waals surface area (Å²) in [5.74, 6) is 1.85. The number of hydrogen-bond donors (Lipinski definition) is 1. The molecule has 2 rings (SSSR count). The Bertz CT molecular complexity index is 465. The van der Waals surface area contributed by atoms with Crippen LogP contribution in [0, 0.1) is 5.92 Å². The van der Waals surface area contributed by atoms with E-state index in [0.717, 1.165) is 24.8 Å². The first kappa shape index (κ1) is 16.4. The first-order chi connectivity index (χ1) is 9.88. The minimum atomic E-state index is 0.165.